The molecule has 0 bridgehead atoms. The van der Waals surface area contributed by atoms with Gasteiger partial charge >= 0.3 is 6.18 Å². The molecule has 1 unspecified atom stereocenters. The molecule has 1 aromatic carbocycles. The summed E-state index contributed by atoms with van der Waals surface area (Å²) in [7, 11) is -3.56. The van der Waals surface area contributed by atoms with Gasteiger partial charge in [-0.05, 0) is 24.1 Å². The van der Waals surface area contributed by atoms with Gasteiger partial charge in [0.25, 0.3) is 0 Å². The Kier molecular flexibility index (Phi) is 5.55. The Hall–Kier alpha value is -1.12. The predicted molar refractivity (Wildman–Crippen MR) is 70.3 cm³/mol. The van der Waals surface area contributed by atoms with Gasteiger partial charge in [0.2, 0.25) is 10.0 Å². The van der Waals surface area contributed by atoms with E-state index in [0.29, 0.717) is 12.0 Å². The molecule has 0 saturated carbocycles. The van der Waals surface area contributed by atoms with Crippen LogP contribution in [0.25, 0.3) is 0 Å². The quantitative estimate of drug-likeness (QED) is 0.842. The number of hydrogen-bond donors (Lipinski definition) is 2. The molecule has 114 valence electrons. The summed E-state index contributed by atoms with van der Waals surface area (Å²) in [5, 5.41) is -0.697. The largest absolute Gasteiger partial charge is 0.416 e. The van der Waals surface area contributed by atoms with Crippen LogP contribution < -0.4 is 10.5 Å². The summed E-state index contributed by atoms with van der Waals surface area (Å²) in [4.78, 5) is 0. The van der Waals surface area contributed by atoms with Gasteiger partial charge in [0.15, 0.2) is 0 Å². The molecule has 0 amide bonds. The Bertz CT molecular complexity index is 523. The maximum atomic E-state index is 12.4. The van der Waals surface area contributed by atoms with E-state index < -0.39 is 27.0 Å². The van der Waals surface area contributed by atoms with Crippen LogP contribution in [0.3, 0.4) is 0 Å². The van der Waals surface area contributed by atoms with Gasteiger partial charge < -0.3 is 5.73 Å². The molecular formula is C12H17F3N2O2S. The lowest BCUT2D eigenvalue weighted by atomic mass is 10.1. The van der Waals surface area contributed by atoms with Crippen molar-refractivity contribution in [2.45, 2.75) is 31.3 Å². The smallest absolute Gasteiger partial charge is 0.329 e. The molecule has 0 aliphatic rings. The zero-order valence-electron chi connectivity index (χ0n) is 10.9. The van der Waals surface area contributed by atoms with Crippen LogP contribution in [0.4, 0.5) is 13.2 Å². The average molecular weight is 310 g/mol. The lowest BCUT2D eigenvalue weighted by Crippen LogP contribution is -2.38. The Morgan fingerprint density at radius 2 is 1.80 bits per heavy atom. The number of rotatable bonds is 6. The number of benzene rings is 1. The first-order valence-corrected chi connectivity index (χ1v) is 7.60. The van der Waals surface area contributed by atoms with Gasteiger partial charge in [-0.15, -0.1) is 0 Å². The van der Waals surface area contributed by atoms with Gasteiger partial charge in [0.1, 0.15) is 0 Å². The van der Waals surface area contributed by atoms with E-state index in [4.69, 9.17) is 5.73 Å². The van der Waals surface area contributed by atoms with E-state index in [2.05, 4.69) is 4.72 Å². The zero-order valence-corrected chi connectivity index (χ0v) is 11.8. The van der Waals surface area contributed by atoms with E-state index in [1.54, 1.807) is 6.92 Å². The van der Waals surface area contributed by atoms with E-state index in [0.717, 1.165) is 12.1 Å². The molecule has 1 aromatic rings. The fraction of sp³-hybridized carbons (Fsp3) is 0.500. The fourth-order valence-electron chi connectivity index (χ4n) is 1.63. The molecule has 0 spiro atoms. The summed E-state index contributed by atoms with van der Waals surface area (Å²) in [6.07, 6.45) is -4.02. The van der Waals surface area contributed by atoms with Gasteiger partial charge in [0.05, 0.1) is 10.8 Å². The Labute approximate surface area is 116 Å². The number of alkyl halides is 3. The van der Waals surface area contributed by atoms with Crippen molar-refractivity contribution in [1.29, 1.82) is 0 Å². The summed E-state index contributed by atoms with van der Waals surface area (Å²) in [5.74, 6) is 0. The van der Waals surface area contributed by atoms with Crippen molar-refractivity contribution in [2.75, 3.05) is 6.54 Å². The number of hydrogen-bond acceptors (Lipinski definition) is 3. The molecule has 8 heteroatoms. The van der Waals surface area contributed by atoms with Crippen LogP contribution in [0.2, 0.25) is 0 Å². The van der Waals surface area contributed by atoms with Crippen LogP contribution in [0, 0.1) is 0 Å². The first kappa shape index (κ1) is 16.9. The lowest BCUT2D eigenvalue weighted by molar-refractivity contribution is -0.137. The SMILES string of the molecule is CCC(CN)S(=O)(=O)NCc1ccc(C(F)(F)F)cc1. The molecule has 0 fully saturated rings. The Morgan fingerprint density at radius 3 is 2.20 bits per heavy atom. The highest BCUT2D eigenvalue weighted by molar-refractivity contribution is 7.90. The van der Waals surface area contributed by atoms with E-state index in [1.165, 1.54) is 12.1 Å². The Morgan fingerprint density at radius 1 is 1.25 bits per heavy atom. The molecule has 0 saturated heterocycles. The summed E-state index contributed by atoms with van der Waals surface area (Å²) in [6.45, 7) is 1.64. The third-order valence-corrected chi connectivity index (χ3v) is 4.87. The normalized spacial score (nSPS) is 14.2. The van der Waals surface area contributed by atoms with Crippen LogP contribution in [-0.2, 0) is 22.7 Å². The molecule has 0 radical (unpaired) electrons. The van der Waals surface area contributed by atoms with Crippen molar-refractivity contribution in [3.8, 4) is 0 Å². The number of nitrogens with two attached hydrogens (primary N) is 1. The minimum absolute atomic E-state index is 0.00115. The van der Waals surface area contributed by atoms with Crippen LogP contribution in [0.5, 0.6) is 0 Å². The molecule has 4 nitrogen and oxygen atoms in total. The summed E-state index contributed by atoms with van der Waals surface area (Å²) < 4.78 is 63.1. The predicted octanol–water partition coefficient (Wildman–Crippen LogP) is 1.86. The van der Waals surface area contributed by atoms with Gasteiger partial charge in [-0.3, -0.25) is 0 Å². The monoisotopic (exact) mass is 310 g/mol. The maximum Gasteiger partial charge on any atom is 0.416 e. The molecule has 0 aliphatic heterocycles. The summed E-state index contributed by atoms with van der Waals surface area (Å²) in [6, 6.07) is 4.33. The zero-order chi connectivity index (χ0) is 15.4. The molecule has 0 heterocycles. The third-order valence-electron chi connectivity index (χ3n) is 2.92. The summed E-state index contributed by atoms with van der Waals surface area (Å²) >= 11 is 0. The highest BCUT2D eigenvalue weighted by Crippen LogP contribution is 2.29. The molecule has 1 atom stereocenters. The van der Waals surface area contributed by atoms with E-state index in [1.807, 2.05) is 0 Å². The lowest BCUT2D eigenvalue weighted by Gasteiger charge is -2.14. The van der Waals surface area contributed by atoms with Crippen molar-refractivity contribution < 1.29 is 21.6 Å². The second-order valence-electron chi connectivity index (χ2n) is 4.33. The molecule has 20 heavy (non-hydrogen) atoms. The van der Waals surface area contributed by atoms with E-state index in [-0.39, 0.29) is 13.1 Å². The van der Waals surface area contributed by atoms with Gasteiger partial charge in [-0.2, -0.15) is 13.2 Å². The first-order valence-electron chi connectivity index (χ1n) is 6.05. The molecular weight excluding hydrogens is 293 g/mol. The molecule has 1 rings (SSSR count). The van der Waals surface area contributed by atoms with E-state index in [9.17, 15) is 21.6 Å². The number of sulfonamides is 1. The van der Waals surface area contributed by atoms with Crippen LogP contribution in [0.15, 0.2) is 24.3 Å². The minimum Gasteiger partial charge on any atom is -0.329 e. The highest BCUT2D eigenvalue weighted by Gasteiger charge is 2.30. The minimum atomic E-state index is -4.40. The maximum absolute atomic E-state index is 12.4. The standard InChI is InChI=1S/C12H17F3N2O2S/c1-2-11(7-16)20(18,19)17-8-9-3-5-10(6-4-9)12(13,14)15/h3-6,11,17H,2,7-8,16H2,1H3. The van der Waals surface area contributed by atoms with Crippen molar-refractivity contribution in [1.82, 2.24) is 4.72 Å². The van der Waals surface area contributed by atoms with Crippen LogP contribution >= 0.6 is 0 Å². The third kappa shape index (κ3) is 4.46. The second kappa shape index (κ2) is 6.55. The number of nitrogens with one attached hydrogen (secondary N) is 1. The second-order valence-corrected chi connectivity index (χ2v) is 6.37. The van der Waals surface area contributed by atoms with Gasteiger partial charge in [-0.25, -0.2) is 13.1 Å². The molecule has 0 aromatic heterocycles. The van der Waals surface area contributed by atoms with E-state index >= 15 is 0 Å². The van der Waals surface area contributed by atoms with Crippen LogP contribution in [-0.4, -0.2) is 20.2 Å². The highest BCUT2D eigenvalue weighted by atomic mass is 32.2. The van der Waals surface area contributed by atoms with Crippen molar-refractivity contribution in [3.63, 3.8) is 0 Å². The summed E-state index contributed by atoms with van der Waals surface area (Å²) in [5.41, 5.74) is 5.05. The number of halogens is 3. The van der Waals surface area contributed by atoms with Crippen molar-refractivity contribution in [2.24, 2.45) is 5.73 Å². The fourth-order valence-corrected chi connectivity index (χ4v) is 2.92. The Balaban J connectivity index is 2.71. The molecule has 3 N–H and O–H groups in total. The average Bonchev–Trinajstić information content (AvgIpc) is 2.37. The molecule has 0 aliphatic carbocycles. The van der Waals surface area contributed by atoms with Crippen molar-refractivity contribution in [3.05, 3.63) is 35.4 Å². The first-order chi connectivity index (χ1) is 9.20. The van der Waals surface area contributed by atoms with Gasteiger partial charge in [-0.1, -0.05) is 19.1 Å². The van der Waals surface area contributed by atoms with Gasteiger partial charge in [0, 0.05) is 13.1 Å². The van der Waals surface area contributed by atoms with Crippen molar-refractivity contribution >= 4 is 10.0 Å². The topological polar surface area (TPSA) is 72.2 Å². The van der Waals surface area contributed by atoms with Crippen LogP contribution in [0.1, 0.15) is 24.5 Å².